The van der Waals surface area contributed by atoms with Crippen molar-refractivity contribution in [2.75, 3.05) is 0 Å². The van der Waals surface area contributed by atoms with Gasteiger partial charge in [-0.2, -0.15) is 0 Å². The molecular weight excluding hydrogens is 266 g/mol. The maximum absolute atomic E-state index is 12.0. The van der Waals surface area contributed by atoms with Crippen molar-refractivity contribution in [1.29, 1.82) is 0 Å². The van der Waals surface area contributed by atoms with Gasteiger partial charge in [0.15, 0.2) is 11.5 Å². The molecule has 2 atom stereocenters. The molecule has 0 amide bonds. The third kappa shape index (κ3) is 2.90. The van der Waals surface area contributed by atoms with E-state index in [1.807, 2.05) is 30.3 Å². The van der Waals surface area contributed by atoms with E-state index in [0.29, 0.717) is 12.8 Å². The van der Waals surface area contributed by atoms with Gasteiger partial charge in [-0.05, 0) is 23.3 Å². The fraction of sp³-hybridized carbons (Fsp3) is 0.235. The molecule has 2 aromatic rings. The monoisotopic (exact) mass is 283 g/mol. The Bertz CT molecular complexity index is 654. The molecule has 1 heterocycles. The van der Waals surface area contributed by atoms with Crippen molar-refractivity contribution < 1.29 is 15.0 Å². The van der Waals surface area contributed by atoms with Gasteiger partial charge in [0, 0.05) is 24.9 Å². The summed E-state index contributed by atoms with van der Waals surface area (Å²) in [5.74, 6) is -0.121. The zero-order valence-electron chi connectivity index (χ0n) is 11.5. The lowest BCUT2D eigenvalue weighted by molar-refractivity contribution is -0.121. The molecule has 0 aromatic heterocycles. The number of nitrogens with one attached hydrogen (secondary N) is 1. The van der Waals surface area contributed by atoms with Crippen LogP contribution >= 0.6 is 0 Å². The maximum Gasteiger partial charge on any atom is 0.157 e. The fourth-order valence-electron chi connectivity index (χ4n) is 2.77. The van der Waals surface area contributed by atoms with E-state index in [0.717, 1.165) is 11.1 Å². The number of piperidine rings is 1. The molecule has 4 heteroatoms. The lowest BCUT2D eigenvalue weighted by Gasteiger charge is -2.31. The van der Waals surface area contributed by atoms with Crippen LogP contribution in [-0.4, -0.2) is 16.0 Å². The second kappa shape index (κ2) is 5.58. The summed E-state index contributed by atoms with van der Waals surface area (Å²) in [4.78, 5) is 12.0. The Morgan fingerprint density at radius 3 is 2.19 bits per heavy atom. The number of carbonyl (C=O) groups is 1. The highest BCUT2D eigenvalue weighted by Gasteiger charge is 2.28. The average molecular weight is 283 g/mol. The number of rotatable bonds is 2. The van der Waals surface area contributed by atoms with Crippen LogP contribution in [0.15, 0.2) is 48.5 Å². The zero-order valence-corrected chi connectivity index (χ0v) is 11.5. The molecule has 4 nitrogen and oxygen atoms in total. The van der Waals surface area contributed by atoms with Gasteiger partial charge in [0.05, 0.1) is 0 Å². The molecule has 0 spiro atoms. The number of hydrogen-bond donors (Lipinski definition) is 3. The molecule has 2 aromatic carbocycles. The van der Waals surface area contributed by atoms with Crippen molar-refractivity contribution in [2.45, 2.75) is 24.9 Å². The Morgan fingerprint density at radius 1 is 0.857 bits per heavy atom. The Hall–Kier alpha value is -2.33. The lowest BCUT2D eigenvalue weighted by Crippen LogP contribution is -2.35. The predicted molar refractivity (Wildman–Crippen MR) is 79.1 cm³/mol. The normalized spacial score (nSPS) is 22.2. The Morgan fingerprint density at radius 2 is 1.52 bits per heavy atom. The number of Topliss-reactive ketones (excluding diaryl/α,β-unsaturated/α-hetero) is 1. The van der Waals surface area contributed by atoms with E-state index in [-0.39, 0.29) is 29.4 Å². The first-order valence-corrected chi connectivity index (χ1v) is 6.98. The van der Waals surface area contributed by atoms with E-state index in [1.165, 1.54) is 12.1 Å². The molecule has 0 radical (unpaired) electrons. The summed E-state index contributed by atoms with van der Waals surface area (Å²) in [6.45, 7) is 0. The number of phenols is 2. The molecule has 1 aliphatic rings. The summed E-state index contributed by atoms with van der Waals surface area (Å²) in [6.07, 6.45) is 0.873. The Labute approximate surface area is 123 Å². The summed E-state index contributed by atoms with van der Waals surface area (Å²) in [5, 5.41) is 22.5. The third-order valence-corrected chi connectivity index (χ3v) is 3.87. The fourth-order valence-corrected chi connectivity index (χ4v) is 2.77. The molecule has 1 aliphatic heterocycles. The van der Waals surface area contributed by atoms with Gasteiger partial charge in [-0.3, -0.25) is 4.79 Å². The maximum atomic E-state index is 12.0. The summed E-state index contributed by atoms with van der Waals surface area (Å²) in [7, 11) is 0. The van der Waals surface area contributed by atoms with Crippen molar-refractivity contribution in [2.24, 2.45) is 0 Å². The average Bonchev–Trinajstić information content (AvgIpc) is 2.50. The van der Waals surface area contributed by atoms with Gasteiger partial charge in [-0.25, -0.2) is 0 Å². The first kappa shape index (κ1) is 13.6. The van der Waals surface area contributed by atoms with Crippen molar-refractivity contribution in [1.82, 2.24) is 5.32 Å². The van der Waals surface area contributed by atoms with Gasteiger partial charge < -0.3 is 15.5 Å². The van der Waals surface area contributed by atoms with Crippen LogP contribution in [0.25, 0.3) is 0 Å². The van der Waals surface area contributed by atoms with Gasteiger partial charge in [0.2, 0.25) is 0 Å². The number of hydrogen-bond acceptors (Lipinski definition) is 4. The van der Waals surface area contributed by atoms with Crippen LogP contribution in [-0.2, 0) is 4.79 Å². The summed E-state index contributed by atoms with van der Waals surface area (Å²) in [5.41, 5.74) is 1.89. The third-order valence-electron chi connectivity index (χ3n) is 3.87. The van der Waals surface area contributed by atoms with Gasteiger partial charge in [-0.1, -0.05) is 36.4 Å². The van der Waals surface area contributed by atoms with Crippen LogP contribution in [0.5, 0.6) is 11.5 Å². The van der Waals surface area contributed by atoms with Gasteiger partial charge in [0.1, 0.15) is 5.78 Å². The van der Waals surface area contributed by atoms with E-state index < -0.39 is 0 Å². The minimum absolute atomic E-state index is 0.0200. The molecular formula is C17H17NO3. The molecule has 0 bridgehead atoms. The molecule has 0 aliphatic carbocycles. The Kier molecular flexibility index (Phi) is 3.62. The highest BCUT2D eigenvalue weighted by Crippen LogP contribution is 2.34. The molecule has 1 fully saturated rings. The second-order valence-corrected chi connectivity index (χ2v) is 5.38. The van der Waals surface area contributed by atoms with Crippen molar-refractivity contribution in [3.8, 4) is 11.5 Å². The number of aromatic hydroxyl groups is 2. The minimum Gasteiger partial charge on any atom is -0.504 e. The molecule has 108 valence electrons. The van der Waals surface area contributed by atoms with Crippen molar-refractivity contribution in [3.05, 3.63) is 59.7 Å². The van der Waals surface area contributed by atoms with Crippen LogP contribution in [0.4, 0.5) is 0 Å². The van der Waals surface area contributed by atoms with E-state index >= 15 is 0 Å². The second-order valence-electron chi connectivity index (χ2n) is 5.38. The van der Waals surface area contributed by atoms with Crippen LogP contribution in [0, 0.1) is 0 Å². The highest BCUT2D eigenvalue weighted by atomic mass is 16.3. The molecule has 3 N–H and O–H groups in total. The molecule has 1 saturated heterocycles. The quantitative estimate of drug-likeness (QED) is 0.741. The zero-order chi connectivity index (χ0) is 14.8. The van der Waals surface area contributed by atoms with Crippen LogP contribution in [0.3, 0.4) is 0 Å². The topological polar surface area (TPSA) is 69.6 Å². The summed E-state index contributed by atoms with van der Waals surface area (Å²) >= 11 is 0. The smallest absolute Gasteiger partial charge is 0.157 e. The molecule has 2 unspecified atom stereocenters. The first-order chi connectivity index (χ1) is 10.1. The summed E-state index contributed by atoms with van der Waals surface area (Å²) in [6, 6.07) is 14.4. The lowest BCUT2D eigenvalue weighted by atomic mass is 9.89. The Balaban J connectivity index is 1.86. The number of carbonyl (C=O) groups excluding carboxylic acids is 1. The van der Waals surface area contributed by atoms with Gasteiger partial charge >= 0.3 is 0 Å². The number of ketones is 1. The number of benzene rings is 2. The first-order valence-electron chi connectivity index (χ1n) is 6.98. The number of phenolic OH excluding ortho intramolecular Hbond substituents is 2. The van der Waals surface area contributed by atoms with Crippen LogP contribution in [0.1, 0.15) is 36.1 Å². The predicted octanol–water partition coefficient (Wildman–Crippen LogP) is 2.83. The van der Waals surface area contributed by atoms with Crippen LogP contribution < -0.4 is 5.32 Å². The van der Waals surface area contributed by atoms with E-state index in [4.69, 9.17) is 0 Å². The van der Waals surface area contributed by atoms with Gasteiger partial charge in [-0.15, -0.1) is 0 Å². The molecule has 3 rings (SSSR count). The van der Waals surface area contributed by atoms with Crippen LogP contribution in [0.2, 0.25) is 0 Å². The molecule has 21 heavy (non-hydrogen) atoms. The van der Waals surface area contributed by atoms with Gasteiger partial charge in [0.25, 0.3) is 0 Å². The largest absolute Gasteiger partial charge is 0.504 e. The van der Waals surface area contributed by atoms with E-state index in [9.17, 15) is 15.0 Å². The SMILES string of the molecule is O=C1CC(c2ccccc2)NC(c2ccc(O)c(O)c2)C1. The standard InChI is InChI=1S/C17H17NO3/c19-13-9-14(11-4-2-1-3-5-11)18-15(10-13)12-6-7-16(20)17(21)8-12/h1-8,14-15,18,20-21H,9-10H2. The van der Waals surface area contributed by atoms with Crippen molar-refractivity contribution >= 4 is 5.78 Å². The van der Waals surface area contributed by atoms with E-state index in [1.54, 1.807) is 6.07 Å². The highest BCUT2D eigenvalue weighted by molar-refractivity contribution is 5.81. The minimum atomic E-state index is -0.163. The van der Waals surface area contributed by atoms with Crippen molar-refractivity contribution in [3.63, 3.8) is 0 Å². The molecule has 0 saturated carbocycles. The summed E-state index contributed by atoms with van der Waals surface area (Å²) < 4.78 is 0. The van der Waals surface area contributed by atoms with E-state index in [2.05, 4.69) is 5.32 Å².